The minimum atomic E-state index is 0.650. The molecule has 0 unspecified atom stereocenters. The van der Waals surface area contributed by atoms with Gasteiger partial charge in [-0.15, -0.1) is 0 Å². The Bertz CT molecular complexity index is 167. The molecule has 0 aromatic carbocycles. The molecule has 0 saturated heterocycles. The molecule has 2 heteroatoms. The van der Waals surface area contributed by atoms with E-state index >= 15 is 0 Å². The molecule has 0 amide bonds. The molecule has 0 atom stereocenters. The van der Waals surface area contributed by atoms with Crippen LogP contribution in [0.15, 0.2) is 16.8 Å². The van der Waals surface area contributed by atoms with E-state index in [4.69, 9.17) is 0 Å². The van der Waals surface area contributed by atoms with E-state index in [0.29, 0.717) is 6.42 Å². The second-order valence-corrected chi connectivity index (χ2v) is 2.62. The van der Waals surface area contributed by atoms with Crippen LogP contribution < -0.4 is 0 Å². The summed E-state index contributed by atoms with van der Waals surface area (Å²) in [6, 6.07) is 2.05. The Labute approximate surface area is 58.3 Å². The van der Waals surface area contributed by atoms with Gasteiger partial charge in [-0.3, -0.25) is 0 Å². The van der Waals surface area contributed by atoms with Crippen molar-refractivity contribution in [1.82, 2.24) is 0 Å². The lowest BCUT2D eigenvalue weighted by Gasteiger charge is -1.85. The second kappa shape index (κ2) is 3.41. The minimum absolute atomic E-state index is 0.650. The van der Waals surface area contributed by atoms with Crippen LogP contribution in [0, 0.1) is 0 Å². The van der Waals surface area contributed by atoms with Crippen LogP contribution in [0.3, 0.4) is 0 Å². The zero-order valence-electron chi connectivity index (χ0n) is 5.04. The van der Waals surface area contributed by atoms with Gasteiger partial charge in [-0.25, -0.2) is 0 Å². The summed E-state index contributed by atoms with van der Waals surface area (Å²) in [5.41, 5.74) is 1.27. The predicted molar refractivity (Wildman–Crippen MR) is 38.7 cm³/mol. The number of carbonyl (C=O) groups excluding carboxylic acids is 1. The van der Waals surface area contributed by atoms with Crippen molar-refractivity contribution in [3.8, 4) is 0 Å². The largest absolute Gasteiger partial charge is 0.303 e. The van der Waals surface area contributed by atoms with Gasteiger partial charge in [0.1, 0.15) is 6.29 Å². The summed E-state index contributed by atoms with van der Waals surface area (Å²) in [6.07, 6.45) is 2.50. The summed E-state index contributed by atoms with van der Waals surface area (Å²) in [5.74, 6) is 0. The topological polar surface area (TPSA) is 17.1 Å². The number of carbonyl (C=O) groups is 1. The van der Waals surface area contributed by atoms with Crippen molar-refractivity contribution in [3.63, 3.8) is 0 Å². The second-order valence-electron chi connectivity index (χ2n) is 1.84. The molecule has 48 valence electrons. The minimum Gasteiger partial charge on any atom is -0.303 e. The molecule has 0 aliphatic rings. The summed E-state index contributed by atoms with van der Waals surface area (Å²) < 4.78 is 0. The summed E-state index contributed by atoms with van der Waals surface area (Å²) in [5, 5.41) is 4.10. The van der Waals surface area contributed by atoms with E-state index in [-0.39, 0.29) is 0 Å². The van der Waals surface area contributed by atoms with Crippen molar-refractivity contribution < 1.29 is 4.79 Å². The average molecular weight is 140 g/mol. The number of aryl methyl sites for hydroxylation is 1. The van der Waals surface area contributed by atoms with E-state index in [0.717, 1.165) is 12.7 Å². The standard InChI is InChI=1S/C7H8OS/c8-4-1-2-7-3-5-9-6-7/h3-6H,1-2H2. The van der Waals surface area contributed by atoms with Crippen molar-refractivity contribution in [1.29, 1.82) is 0 Å². The van der Waals surface area contributed by atoms with Gasteiger partial charge in [-0.05, 0) is 28.8 Å². The lowest BCUT2D eigenvalue weighted by Crippen LogP contribution is -1.80. The highest BCUT2D eigenvalue weighted by Gasteiger charge is 1.89. The van der Waals surface area contributed by atoms with Crippen molar-refractivity contribution in [2.24, 2.45) is 0 Å². The maximum absolute atomic E-state index is 9.90. The van der Waals surface area contributed by atoms with Gasteiger partial charge in [0.2, 0.25) is 0 Å². The first-order valence-electron chi connectivity index (χ1n) is 2.88. The Morgan fingerprint density at radius 3 is 3.11 bits per heavy atom. The molecule has 0 aliphatic heterocycles. The molecule has 1 aromatic rings. The molecule has 0 N–H and O–H groups in total. The Balaban J connectivity index is 2.38. The van der Waals surface area contributed by atoms with Crippen LogP contribution in [0.25, 0.3) is 0 Å². The molecule has 0 spiro atoms. The fourth-order valence-electron chi connectivity index (χ4n) is 0.660. The third-order valence-electron chi connectivity index (χ3n) is 1.13. The van der Waals surface area contributed by atoms with Crippen LogP contribution in [0.4, 0.5) is 0 Å². The number of aldehydes is 1. The average Bonchev–Trinajstić information content (AvgIpc) is 2.34. The molecule has 0 aliphatic carbocycles. The van der Waals surface area contributed by atoms with E-state index < -0.39 is 0 Å². The maximum Gasteiger partial charge on any atom is 0.120 e. The lowest BCUT2D eigenvalue weighted by atomic mass is 10.2. The van der Waals surface area contributed by atoms with Crippen molar-refractivity contribution >= 4 is 17.6 Å². The zero-order chi connectivity index (χ0) is 6.53. The van der Waals surface area contributed by atoms with Crippen LogP contribution in [-0.2, 0) is 11.2 Å². The SMILES string of the molecule is O=CCCc1ccsc1. The monoisotopic (exact) mass is 140 g/mol. The van der Waals surface area contributed by atoms with Gasteiger partial charge >= 0.3 is 0 Å². The van der Waals surface area contributed by atoms with E-state index in [1.165, 1.54) is 5.56 Å². The van der Waals surface area contributed by atoms with Crippen LogP contribution in [0.2, 0.25) is 0 Å². The Morgan fingerprint density at radius 2 is 2.56 bits per heavy atom. The molecule has 1 aromatic heterocycles. The summed E-state index contributed by atoms with van der Waals surface area (Å²) >= 11 is 1.67. The van der Waals surface area contributed by atoms with Gasteiger partial charge in [0, 0.05) is 6.42 Å². The van der Waals surface area contributed by atoms with Crippen molar-refractivity contribution in [2.45, 2.75) is 12.8 Å². The quantitative estimate of drug-likeness (QED) is 0.586. The number of hydrogen-bond donors (Lipinski definition) is 0. The molecule has 1 rings (SSSR count). The number of rotatable bonds is 3. The van der Waals surface area contributed by atoms with E-state index in [9.17, 15) is 4.79 Å². The first kappa shape index (κ1) is 6.49. The third kappa shape index (κ3) is 1.98. The fourth-order valence-corrected chi connectivity index (χ4v) is 1.36. The molecule has 9 heavy (non-hydrogen) atoms. The van der Waals surface area contributed by atoms with E-state index in [1.807, 2.05) is 11.4 Å². The number of hydrogen-bond acceptors (Lipinski definition) is 2. The molecule has 1 heterocycles. The zero-order valence-corrected chi connectivity index (χ0v) is 5.86. The smallest absolute Gasteiger partial charge is 0.120 e. The Hall–Kier alpha value is -0.630. The molecule has 0 radical (unpaired) electrons. The highest BCUT2D eigenvalue weighted by atomic mass is 32.1. The first-order valence-corrected chi connectivity index (χ1v) is 3.82. The molecule has 0 bridgehead atoms. The molecular formula is C7H8OS. The summed E-state index contributed by atoms with van der Waals surface area (Å²) in [7, 11) is 0. The van der Waals surface area contributed by atoms with Crippen LogP contribution in [0.5, 0.6) is 0 Å². The highest BCUT2D eigenvalue weighted by molar-refractivity contribution is 7.07. The van der Waals surface area contributed by atoms with Gasteiger partial charge in [-0.2, -0.15) is 11.3 Å². The summed E-state index contributed by atoms with van der Waals surface area (Å²) in [6.45, 7) is 0. The highest BCUT2D eigenvalue weighted by Crippen LogP contribution is 2.06. The Morgan fingerprint density at radius 1 is 1.67 bits per heavy atom. The van der Waals surface area contributed by atoms with Crippen molar-refractivity contribution in [3.05, 3.63) is 22.4 Å². The molecule has 1 nitrogen and oxygen atoms in total. The van der Waals surface area contributed by atoms with Gasteiger partial charge in [0.25, 0.3) is 0 Å². The predicted octanol–water partition coefficient (Wildman–Crippen LogP) is 1.88. The van der Waals surface area contributed by atoms with Gasteiger partial charge in [0.05, 0.1) is 0 Å². The van der Waals surface area contributed by atoms with Crippen LogP contribution in [0.1, 0.15) is 12.0 Å². The van der Waals surface area contributed by atoms with Gasteiger partial charge in [0.15, 0.2) is 0 Å². The summed E-state index contributed by atoms with van der Waals surface area (Å²) in [4.78, 5) is 9.90. The normalized spacial score (nSPS) is 9.33. The maximum atomic E-state index is 9.90. The van der Waals surface area contributed by atoms with Gasteiger partial charge < -0.3 is 4.79 Å². The van der Waals surface area contributed by atoms with Gasteiger partial charge in [-0.1, -0.05) is 0 Å². The number of thiophene rings is 1. The van der Waals surface area contributed by atoms with E-state index in [2.05, 4.69) is 5.38 Å². The lowest BCUT2D eigenvalue weighted by molar-refractivity contribution is -0.107. The van der Waals surface area contributed by atoms with Crippen LogP contribution >= 0.6 is 11.3 Å². The molecule has 0 fully saturated rings. The van der Waals surface area contributed by atoms with Crippen molar-refractivity contribution in [2.75, 3.05) is 0 Å². The fraction of sp³-hybridized carbons (Fsp3) is 0.286. The van der Waals surface area contributed by atoms with E-state index in [1.54, 1.807) is 11.3 Å². The molecular weight excluding hydrogens is 132 g/mol. The third-order valence-corrected chi connectivity index (χ3v) is 1.86. The first-order chi connectivity index (χ1) is 4.43. The van der Waals surface area contributed by atoms with Crippen LogP contribution in [-0.4, -0.2) is 6.29 Å². The molecule has 0 saturated carbocycles. The Kier molecular flexibility index (Phi) is 2.46.